The molecule has 1 aliphatic rings. The van der Waals surface area contributed by atoms with Crippen LogP contribution in [0, 0.1) is 5.92 Å². The lowest BCUT2D eigenvalue weighted by Gasteiger charge is -2.26. The van der Waals surface area contributed by atoms with E-state index in [1.807, 2.05) is 45.0 Å². The standard InChI is InChI=1S/C28H36N2O5/c1-4-30(16-10-9-15-27(32)33)26(31)17-25(19(2)3)29-28(34)35-18-24-22-13-7-5-11-20(22)21-12-6-8-14-23(21)24/h5-8,11-14,19,24-25H,4,9-10,15-18H2,1-3H3,(H,29,34)(H,32,33)/t25-/m1/s1. The minimum atomic E-state index is -0.827. The zero-order chi connectivity index (χ0) is 25.4. The molecule has 0 unspecified atom stereocenters. The second-order valence-electron chi connectivity index (χ2n) is 9.35. The van der Waals surface area contributed by atoms with Crippen LogP contribution in [0.3, 0.4) is 0 Å². The second-order valence-corrected chi connectivity index (χ2v) is 9.35. The van der Waals surface area contributed by atoms with E-state index in [-0.39, 0.29) is 43.2 Å². The molecule has 7 nitrogen and oxygen atoms in total. The summed E-state index contributed by atoms with van der Waals surface area (Å²) in [4.78, 5) is 38.0. The Balaban J connectivity index is 1.56. The fourth-order valence-electron chi connectivity index (χ4n) is 4.60. The van der Waals surface area contributed by atoms with Gasteiger partial charge in [0.2, 0.25) is 5.91 Å². The number of unbranched alkanes of at least 4 members (excludes halogenated alkanes) is 1. The Morgan fingerprint density at radius 1 is 1.00 bits per heavy atom. The average molecular weight is 481 g/mol. The van der Waals surface area contributed by atoms with Crippen molar-refractivity contribution in [1.29, 1.82) is 0 Å². The number of nitrogens with one attached hydrogen (secondary N) is 1. The summed E-state index contributed by atoms with van der Waals surface area (Å²) in [6, 6.07) is 16.0. The van der Waals surface area contributed by atoms with Gasteiger partial charge in [-0.15, -0.1) is 0 Å². The molecular formula is C28H36N2O5. The molecule has 0 spiro atoms. The number of carboxylic acid groups (broad SMARTS) is 1. The lowest BCUT2D eigenvalue weighted by Crippen LogP contribution is -2.44. The molecule has 1 aliphatic carbocycles. The summed E-state index contributed by atoms with van der Waals surface area (Å²) in [7, 11) is 0. The van der Waals surface area contributed by atoms with E-state index in [2.05, 4.69) is 29.6 Å². The number of hydrogen-bond acceptors (Lipinski definition) is 4. The van der Waals surface area contributed by atoms with Gasteiger partial charge < -0.3 is 20.1 Å². The van der Waals surface area contributed by atoms with Crippen LogP contribution in [0.5, 0.6) is 0 Å². The molecule has 2 aromatic carbocycles. The van der Waals surface area contributed by atoms with Gasteiger partial charge in [-0.05, 0) is 47.9 Å². The van der Waals surface area contributed by atoms with Gasteiger partial charge in [-0.25, -0.2) is 4.79 Å². The minimum absolute atomic E-state index is 0.0198. The SMILES string of the molecule is CCN(CCCCC(=O)O)C(=O)C[C@@H](NC(=O)OCC1c2ccccc2-c2ccccc21)C(C)C. The van der Waals surface area contributed by atoms with E-state index in [1.54, 1.807) is 4.90 Å². The van der Waals surface area contributed by atoms with Crippen molar-refractivity contribution in [2.24, 2.45) is 5.92 Å². The van der Waals surface area contributed by atoms with E-state index in [4.69, 9.17) is 9.84 Å². The molecule has 0 bridgehead atoms. The molecular weight excluding hydrogens is 444 g/mol. The predicted molar refractivity (Wildman–Crippen MR) is 135 cm³/mol. The molecule has 2 aromatic rings. The summed E-state index contributed by atoms with van der Waals surface area (Å²) in [5, 5.41) is 11.7. The Morgan fingerprint density at radius 2 is 1.60 bits per heavy atom. The molecule has 35 heavy (non-hydrogen) atoms. The molecule has 0 heterocycles. The summed E-state index contributed by atoms with van der Waals surface area (Å²) >= 11 is 0. The molecule has 2 N–H and O–H groups in total. The van der Waals surface area contributed by atoms with Crippen molar-refractivity contribution in [2.45, 2.75) is 58.4 Å². The largest absolute Gasteiger partial charge is 0.481 e. The van der Waals surface area contributed by atoms with Gasteiger partial charge in [-0.1, -0.05) is 62.4 Å². The molecule has 3 rings (SSSR count). The van der Waals surface area contributed by atoms with E-state index in [0.29, 0.717) is 25.9 Å². The van der Waals surface area contributed by atoms with Gasteiger partial charge in [-0.2, -0.15) is 0 Å². The number of carbonyl (C=O) groups is 3. The number of aliphatic carboxylic acids is 1. The maximum absolute atomic E-state index is 12.9. The maximum atomic E-state index is 12.9. The lowest BCUT2D eigenvalue weighted by molar-refractivity contribution is -0.137. The number of alkyl carbamates (subject to hydrolysis) is 1. The highest BCUT2D eigenvalue weighted by molar-refractivity contribution is 5.79. The topological polar surface area (TPSA) is 95.9 Å². The third-order valence-electron chi connectivity index (χ3n) is 6.65. The van der Waals surface area contributed by atoms with Gasteiger partial charge in [0.05, 0.1) is 0 Å². The van der Waals surface area contributed by atoms with Gasteiger partial charge in [0.25, 0.3) is 0 Å². The average Bonchev–Trinajstić information content (AvgIpc) is 3.15. The van der Waals surface area contributed by atoms with Crippen molar-refractivity contribution >= 4 is 18.0 Å². The summed E-state index contributed by atoms with van der Waals surface area (Å²) in [5.41, 5.74) is 4.65. The molecule has 0 aromatic heterocycles. The van der Waals surface area contributed by atoms with E-state index < -0.39 is 12.1 Å². The van der Waals surface area contributed by atoms with Crippen LogP contribution in [0.15, 0.2) is 48.5 Å². The molecule has 0 fully saturated rings. The molecule has 0 saturated heterocycles. The van der Waals surface area contributed by atoms with Crippen molar-refractivity contribution in [2.75, 3.05) is 19.7 Å². The highest BCUT2D eigenvalue weighted by atomic mass is 16.5. The zero-order valence-electron chi connectivity index (χ0n) is 20.8. The van der Waals surface area contributed by atoms with Crippen LogP contribution in [0.1, 0.15) is 63.5 Å². The molecule has 0 aliphatic heterocycles. The molecule has 0 saturated carbocycles. The lowest BCUT2D eigenvalue weighted by atomic mass is 9.98. The molecule has 0 radical (unpaired) electrons. The first-order chi connectivity index (χ1) is 16.8. The van der Waals surface area contributed by atoms with Crippen molar-refractivity contribution in [1.82, 2.24) is 10.2 Å². The maximum Gasteiger partial charge on any atom is 0.407 e. The summed E-state index contributed by atoms with van der Waals surface area (Å²) in [6.45, 7) is 7.11. The summed E-state index contributed by atoms with van der Waals surface area (Å²) in [5.74, 6) is -0.856. The third-order valence-corrected chi connectivity index (χ3v) is 6.65. The van der Waals surface area contributed by atoms with Crippen LogP contribution in [-0.4, -0.2) is 53.7 Å². The van der Waals surface area contributed by atoms with E-state index in [0.717, 1.165) is 11.1 Å². The van der Waals surface area contributed by atoms with Crippen molar-refractivity contribution < 1.29 is 24.2 Å². The highest BCUT2D eigenvalue weighted by Crippen LogP contribution is 2.44. The minimum Gasteiger partial charge on any atom is -0.481 e. The highest BCUT2D eigenvalue weighted by Gasteiger charge is 2.30. The molecule has 7 heteroatoms. The van der Waals surface area contributed by atoms with Crippen LogP contribution < -0.4 is 5.32 Å². The Morgan fingerprint density at radius 3 is 2.14 bits per heavy atom. The van der Waals surface area contributed by atoms with Crippen molar-refractivity contribution in [3.8, 4) is 11.1 Å². The van der Waals surface area contributed by atoms with E-state index in [9.17, 15) is 14.4 Å². The molecule has 1 atom stereocenters. The Bertz CT molecular complexity index is 990. The van der Waals surface area contributed by atoms with Gasteiger partial charge in [0.15, 0.2) is 0 Å². The van der Waals surface area contributed by atoms with Gasteiger partial charge in [0.1, 0.15) is 6.61 Å². The summed E-state index contributed by atoms with van der Waals surface area (Å²) < 4.78 is 5.66. The number of benzene rings is 2. The fourth-order valence-corrected chi connectivity index (χ4v) is 4.60. The van der Waals surface area contributed by atoms with Crippen LogP contribution in [0.2, 0.25) is 0 Å². The van der Waals surface area contributed by atoms with Crippen LogP contribution in [0.4, 0.5) is 4.79 Å². The van der Waals surface area contributed by atoms with E-state index >= 15 is 0 Å². The number of ether oxygens (including phenoxy) is 1. The number of amides is 2. The third kappa shape index (κ3) is 6.84. The molecule has 2 amide bonds. The van der Waals surface area contributed by atoms with Gasteiger partial charge in [0, 0.05) is 37.9 Å². The first-order valence-electron chi connectivity index (χ1n) is 12.4. The Kier molecular flexibility index (Phi) is 9.29. The number of fused-ring (bicyclic) bond motifs is 3. The number of rotatable bonds is 12. The van der Waals surface area contributed by atoms with Crippen molar-refractivity contribution in [3.05, 3.63) is 59.7 Å². The van der Waals surface area contributed by atoms with Crippen LogP contribution in [0.25, 0.3) is 11.1 Å². The predicted octanol–water partition coefficient (Wildman–Crippen LogP) is 5.04. The van der Waals surface area contributed by atoms with Gasteiger partial charge in [-0.3, -0.25) is 9.59 Å². The molecule has 188 valence electrons. The number of carboxylic acids is 1. The summed E-state index contributed by atoms with van der Waals surface area (Å²) in [6.07, 6.45) is 0.920. The Labute approximate surface area is 207 Å². The number of carbonyl (C=O) groups excluding carboxylic acids is 2. The number of hydrogen-bond donors (Lipinski definition) is 2. The zero-order valence-corrected chi connectivity index (χ0v) is 20.8. The Hall–Kier alpha value is -3.35. The first kappa shape index (κ1) is 26.3. The quantitative estimate of drug-likeness (QED) is 0.415. The normalized spacial score (nSPS) is 13.1. The second kappa shape index (κ2) is 12.4. The van der Waals surface area contributed by atoms with E-state index in [1.165, 1.54) is 11.1 Å². The van der Waals surface area contributed by atoms with Crippen LogP contribution in [-0.2, 0) is 14.3 Å². The monoisotopic (exact) mass is 480 g/mol. The number of nitrogens with zero attached hydrogens (tertiary/aromatic N) is 1. The fraction of sp³-hybridized carbons (Fsp3) is 0.464. The van der Waals surface area contributed by atoms with Crippen molar-refractivity contribution in [3.63, 3.8) is 0 Å². The first-order valence-corrected chi connectivity index (χ1v) is 12.4. The van der Waals surface area contributed by atoms with Crippen LogP contribution >= 0.6 is 0 Å². The van der Waals surface area contributed by atoms with Gasteiger partial charge >= 0.3 is 12.1 Å². The smallest absolute Gasteiger partial charge is 0.407 e.